The minimum Gasteiger partial charge on any atom is -0.494 e. The monoisotopic (exact) mass is 462 g/mol. The van der Waals surface area contributed by atoms with Crippen molar-refractivity contribution in [2.45, 2.75) is 32.2 Å². The number of fused-ring (bicyclic) bond motifs is 1. The zero-order chi connectivity index (χ0) is 22.9. The number of halogens is 1. The number of amides is 1. The van der Waals surface area contributed by atoms with Gasteiger partial charge in [0.05, 0.1) is 12.8 Å². The summed E-state index contributed by atoms with van der Waals surface area (Å²) >= 11 is 5.94. The fourth-order valence-corrected chi connectivity index (χ4v) is 4.50. The van der Waals surface area contributed by atoms with Crippen molar-refractivity contribution in [3.05, 3.63) is 82.1 Å². The van der Waals surface area contributed by atoms with E-state index in [0.29, 0.717) is 40.7 Å². The average molecular weight is 463 g/mol. The molecule has 0 bridgehead atoms. The van der Waals surface area contributed by atoms with E-state index in [4.69, 9.17) is 16.3 Å². The summed E-state index contributed by atoms with van der Waals surface area (Å²) in [6.07, 6.45) is 3.58. The van der Waals surface area contributed by atoms with Crippen LogP contribution < -0.4 is 15.4 Å². The van der Waals surface area contributed by atoms with Crippen LogP contribution in [0.4, 0.5) is 11.5 Å². The Labute approximate surface area is 196 Å². The number of ether oxygens (including phenoxy) is 1. The number of anilines is 2. The Morgan fingerprint density at radius 1 is 1.18 bits per heavy atom. The van der Waals surface area contributed by atoms with E-state index in [2.05, 4.69) is 15.7 Å². The van der Waals surface area contributed by atoms with Gasteiger partial charge < -0.3 is 15.4 Å². The van der Waals surface area contributed by atoms with Gasteiger partial charge in [-0.2, -0.15) is 5.10 Å². The van der Waals surface area contributed by atoms with Gasteiger partial charge in [0, 0.05) is 28.4 Å². The Kier molecular flexibility index (Phi) is 5.64. The van der Waals surface area contributed by atoms with E-state index in [9.17, 15) is 9.59 Å². The number of rotatable bonds is 5. The Hall–Kier alpha value is -3.58. The van der Waals surface area contributed by atoms with Crippen LogP contribution in [-0.2, 0) is 4.79 Å². The highest BCUT2D eigenvalue weighted by molar-refractivity contribution is 6.30. The third kappa shape index (κ3) is 4.00. The zero-order valence-corrected chi connectivity index (χ0v) is 18.9. The van der Waals surface area contributed by atoms with Crippen molar-refractivity contribution in [3.63, 3.8) is 0 Å². The molecule has 2 N–H and O–H groups in total. The maximum Gasteiger partial charge on any atom is 0.261 e. The maximum atomic E-state index is 13.1. The van der Waals surface area contributed by atoms with Gasteiger partial charge in [-0.25, -0.2) is 4.68 Å². The summed E-state index contributed by atoms with van der Waals surface area (Å²) in [6.45, 7) is 2.51. The molecule has 168 valence electrons. The SMILES string of the molecule is CCOc1ccc([C@H]2C3=C(CCCC3=O)Nc3c(C(=O)Nc4ccc(Cl)cc4)cnn32)cc1. The molecule has 0 radical (unpaired) electrons. The highest BCUT2D eigenvalue weighted by atomic mass is 35.5. The predicted molar refractivity (Wildman–Crippen MR) is 127 cm³/mol. The molecule has 0 spiro atoms. The van der Waals surface area contributed by atoms with Crippen LogP contribution in [-0.4, -0.2) is 28.1 Å². The van der Waals surface area contributed by atoms with Crippen molar-refractivity contribution in [1.29, 1.82) is 0 Å². The molecule has 3 aromatic rings. The molecule has 2 heterocycles. The highest BCUT2D eigenvalue weighted by Crippen LogP contribution is 2.41. The topological polar surface area (TPSA) is 85.2 Å². The second kappa shape index (κ2) is 8.75. The van der Waals surface area contributed by atoms with E-state index >= 15 is 0 Å². The molecule has 2 aromatic carbocycles. The molecule has 0 unspecified atom stereocenters. The van der Waals surface area contributed by atoms with Crippen LogP contribution >= 0.6 is 11.6 Å². The van der Waals surface area contributed by atoms with Crippen molar-refractivity contribution < 1.29 is 14.3 Å². The first kappa shape index (κ1) is 21.3. The third-order valence-corrected chi connectivity index (χ3v) is 6.14. The van der Waals surface area contributed by atoms with Gasteiger partial charge >= 0.3 is 0 Å². The average Bonchev–Trinajstić information content (AvgIpc) is 3.24. The molecule has 1 aliphatic carbocycles. The molecule has 0 saturated heterocycles. The zero-order valence-electron chi connectivity index (χ0n) is 18.1. The fourth-order valence-electron chi connectivity index (χ4n) is 4.38. The molecular weight excluding hydrogens is 440 g/mol. The van der Waals surface area contributed by atoms with Gasteiger partial charge in [-0.3, -0.25) is 9.59 Å². The molecule has 2 aliphatic rings. The van der Waals surface area contributed by atoms with Crippen LogP contribution in [0, 0.1) is 0 Å². The number of carbonyl (C=O) groups is 2. The predicted octanol–water partition coefficient (Wildman–Crippen LogP) is 5.21. The van der Waals surface area contributed by atoms with Crippen LogP contribution in [0.2, 0.25) is 5.02 Å². The standard InChI is InChI=1S/C25H23ClN4O3/c1-2-33-18-12-6-15(7-13-18)23-22-20(4-3-5-21(22)31)29-24-19(14-27-30(23)24)25(32)28-17-10-8-16(26)9-11-17/h6-14,23,29H,2-5H2,1H3,(H,28,32)/t23-/m0/s1. The molecule has 5 rings (SSSR count). The summed E-state index contributed by atoms with van der Waals surface area (Å²) < 4.78 is 7.30. The van der Waals surface area contributed by atoms with Crippen molar-refractivity contribution in [3.8, 4) is 5.75 Å². The lowest BCUT2D eigenvalue weighted by atomic mass is 9.85. The van der Waals surface area contributed by atoms with Gasteiger partial charge in [0.15, 0.2) is 5.78 Å². The second-order valence-corrected chi connectivity index (χ2v) is 8.45. The molecule has 0 fully saturated rings. The van der Waals surface area contributed by atoms with E-state index in [0.717, 1.165) is 29.9 Å². The number of nitrogens with zero attached hydrogens (tertiary/aromatic N) is 2. The Morgan fingerprint density at radius 3 is 2.67 bits per heavy atom. The van der Waals surface area contributed by atoms with Gasteiger partial charge in [0.25, 0.3) is 5.91 Å². The van der Waals surface area contributed by atoms with Crippen molar-refractivity contribution in [1.82, 2.24) is 9.78 Å². The first-order valence-corrected chi connectivity index (χ1v) is 11.3. The quantitative estimate of drug-likeness (QED) is 0.543. The summed E-state index contributed by atoms with van der Waals surface area (Å²) in [5.41, 5.74) is 3.53. The van der Waals surface area contributed by atoms with Gasteiger partial charge in [-0.1, -0.05) is 23.7 Å². The molecule has 8 heteroatoms. The largest absolute Gasteiger partial charge is 0.494 e. The smallest absolute Gasteiger partial charge is 0.261 e. The normalized spacial score (nSPS) is 17.2. The Morgan fingerprint density at radius 2 is 1.94 bits per heavy atom. The lowest BCUT2D eigenvalue weighted by Gasteiger charge is -2.33. The number of allylic oxidation sites excluding steroid dienone is 2. The van der Waals surface area contributed by atoms with E-state index in [1.807, 2.05) is 31.2 Å². The lowest BCUT2D eigenvalue weighted by Crippen LogP contribution is -2.32. The van der Waals surface area contributed by atoms with Crippen LogP contribution in [0.25, 0.3) is 0 Å². The number of ketones is 1. The number of hydrogen-bond acceptors (Lipinski definition) is 5. The second-order valence-electron chi connectivity index (χ2n) is 8.01. The number of aromatic nitrogens is 2. The molecule has 1 atom stereocenters. The molecule has 7 nitrogen and oxygen atoms in total. The summed E-state index contributed by atoms with van der Waals surface area (Å²) in [5, 5.41) is 11.4. The molecule has 1 amide bonds. The molecule has 1 aromatic heterocycles. The van der Waals surface area contributed by atoms with E-state index in [1.165, 1.54) is 6.20 Å². The molecule has 1 aliphatic heterocycles. The number of benzene rings is 2. The number of nitrogens with one attached hydrogen (secondary N) is 2. The molecule has 0 saturated carbocycles. The third-order valence-electron chi connectivity index (χ3n) is 5.89. The minimum absolute atomic E-state index is 0.107. The Bertz CT molecular complexity index is 1250. The lowest BCUT2D eigenvalue weighted by molar-refractivity contribution is -0.116. The summed E-state index contributed by atoms with van der Waals surface area (Å²) in [4.78, 5) is 26.0. The highest BCUT2D eigenvalue weighted by Gasteiger charge is 2.37. The van der Waals surface area contributed by atoms with Gasteiger partial charge in [-0.15, -0.1) is 0 Å². The van der Waals surface area contributed by atoms with Crippen molar-refractivity contribution in [2.24, 2.45) is 0 Å². The number of carbonyl (C=O) groups excluding carboxylic acids is 2. The Balaban J connectivity index is 1.53. The first-order valence-electron chi connectivity index (χ1n) is 11.0. The van der Waals surface area contributed by atoms with E-state index in [1.54, 1.807) is 28.9 Å². The van der Waals surface area contributed by atoms with E-state index in [-0.39, 0.29) is 11.7 Å². The molecule has 33 heavy (non-hydrogen) atoms. The van der Waals surface area contributed by atoms with Gasteiger partial charge in [0.1, 0.15) is 23.2 Å². The van der Waals surface area contributed by atoms with Crippen LogP contribution in [0.5, 0.6) is 5.75 Å². The molecular formula is C25H23ClN4O3. The summed E-state index contributed by atoms with van der Waals surface area (Å²) in [5.74, 6) is 1.16. The number of Topliss-reactive ketones (excluding diaryl/α,β-unsaturated/α-hetero) is 1. The van der Waals surface area contributed by atoms with Crippen LogP contribution in [0.3, 0.4) is 0 Å². The first-order chi connectivity index (χ1) is 16.0. The minimum atomic E-state index is -0.406. The van der Waals surface area contributed by atoms with Crippen LogP contribution in [0.15, 0.2) is 66.0 Å². The maximum absolute atomic E-state index is 13.1. The summed E-state index contributed by atoms with van der Waals surface area (Å²) in [7, 11) is 0. The van der Waals surface area contributed by atoms with Crippen LogP contribution in [0.1, 0.15) is 48.1 Å². The van der Waals surface area contributed by atoms with Gasteiger partial charge in [-0.05, 0) is 61.7 Å². The van der Waals surface area contributed by atoms with Gasteiger partial charge in [0.2, 0.25) is 0 Å². The van der Waals surface area contributed by atoms with E-state index < -0.39 is 6.04 Å². The number of hydrogen-bond donors (Lipinski definition) is 2. The fraction of sp³-hybridized carbons (Fsp3) is 0.240. The van der Waals surface area contributed by atoms with Crippen molar-refractivity contribution in [2.75, 3.05) is 17.2 Å². The summed E-state index contributed by atoms with van der Waals surface area (Å²) in [6, 6.07) is 14.2. The van der Waals surface area contributed by atoms with Crippen molar-refractivity contribution >= 4 is 34.8 Å².